The average Bonchev–Trinajstić information content (AvgIpc) is 2.39. The molecule has 1 heterocycles. The van der Waals surface area contributed by atoms with Gasteiger partial charge in [-0.1, -0.05) is 13.8 Å². The Morgan fingerprint density at radius 2 is 2.00 bits per heavy atom. The molecule has 1 aliphatic heterocycles. The van der Waals surface area contributed by atoms with Crippen LogP contribution >= 0.6 is 0 Å². The fraction of sp³-hybridized carbons (Fsp3) is 0.900. The van der Waals surface area contributed by atoms with Crippen LogP contribution in [-0.2, 0) is 14.3 Å². The SMILES string of the molecule is CC[C@H]1OC(OC(C)=O)[C@@H](C(F)(F)F)C1C. The topological polar surface area (TPSA) is 35.5 Å². The van der Waals surface area contributed by atoms with Gasteiger partial charge in [0.2, 0.25) is 6.29 Å². The summed E-state index contributed by atoms with van der Waals surface area (Å²) in [5, 5.41) is 0. The molecule has 0 spiro atoms. The van der Waals surface area contributed by atoms with Gasteiger partial charge in [-0.2, -0.15) is 13.2 Å². The Kier molecular flexibility index (Phi) is 3.83. The standard InChI is InChI=1S/C10H15F3O3/c1-4-7-5(2)8(10(11,12)13)9(16-7)15-6(3)14/h5,7-9H,4H2,1-3H3/t5?,7-,8+,9?/m1/s1. The van der Waals surface area contributed by atoms with E-state index in [2.05, 4.69) is 4.74 Å². The molecule has 2 unspecified atom stereocenters. The number of alkyl halides is 3. The quantitative estimate of drug-likeness (QED) is 0.696. The summed E-state index contributed by atoms with van der Waals surface area (Å²) in [6.45, 7) is 4.28. The summed E-state index contributed by atoms with van der Waals surface area (Å²) in [5.41, 5.74) is 0. The zero-order valence-electron chi connectivity index (χ0n) is 9.38. The number of halogens is 3. The smallest absolute Gasteiger partial charge is 0.398 e. The van der Waals surface area contributed by atoms with Crippen LogP contribution in [0.1, 0.15) is 27.2 Å². The van der Waals surface area contributed by atoms with Gasteiger partial charge in [0.15, 0.2) is 0 Å². The van der Waals surface area contributed by atoms with E-state index < -0.39 is 36.4 Å². The molecule has 0 amide bonds. The molecule has 0 radical (unpaired) electrons. The van der Waals surface area contributed by atoms with E-state index in [9.17, 15) is 18.0 Å². The zero-order chi connectivity index (χ0) is 12.5. The van der Waals surface area contributed by atoms with Gasteiger partial charge in [0.05, 0.1) is 6.10 Å². The van der Waals surface area contributed by atoms with E-state index in [1.807, 2.05) is 0 Å². The molecule has 1 saturated heterocycles. The van der Waals surface area contributed by atoms with E-state index in [1.54, 1.807) is 6.92 Å². The van der Waals surface area contributed by atoms with Crippen LogP contribution in [0.4, 0.5) is 13.2 Å². The number of carbonyl (C=O) groups excluding carboxylic acids is 1. The average molecular weight is 240 g/mol. The highest BCUT2D eigenvalue weighted by molar-refractivity contribution is 5.66. The lowest BCUT2D eigenvalue weighted by atomic mass is 9.90. The largest absolute Gasteiger partial charge is 0.435 e. The summed E-state index contributed by atoms with van der Waals surface area (Å²) in [7, 11) is 0. The highest BCUT2D eigenvalue weighted by atomic mass is 19.4. The lowest BCUT2D eigenvalue weighted by molar-refractivity contribution is -0.237. The highest BCUT2D eigenvalue weighted by Gasteiger charge is 2.56. The second-order valence-corrected chi connectivity index (χ2v) is 3.99. The van der Waals surface area contributed by atoms with Gasteiger partial charge in [0.1, 0.15) is 5.92 Å². The molecule has 0 aromatic rings. The van der Waals surface area contributed by atoms with Crippen LogP contribution in [0, 0.1) is 11.8 Å². The molecule has 0 N–H and O–H groups in total. The summed E-state index contributed by atoms with van der Waals surface area (Å²) >= 11 is 0. The summed E-state index contributed by atoms with van der Waals surface area (Å²) < 4.78 is 47.9. The fourth-order valence-corrected chi connectivity index (χ4v) is 2.05. The van der Waals surface area contributed by atoms with Crippen molar-refractivity contribution in [3.63, 3.8) is 0 Å². The number of esters is 1. The van der Waals surface area contributed by atoms with E-state index in [0.29, 0.717) is 6.42 Å². The lowest BCUT2D eigenvalue weighted by Gasteiger charge is -2.22. The molecular weight excluding hydrogens is 225 g/mol. The summed E-state index contributed by atoms with van der Waals surface area (Å²) in [6.07, 6.45) is -5.97. The second kappa shape index (κ2) is 4.61. The van der Waals surface area contributed by atoms with Gasteiger partial charge in [-0.15, -0.1) is 0 Å². The van der Waals surface area contributed by atoms with Crippen molar-refractivity contribution in [3.05, 3.63) is 0 Å². The van der Waals surface area contributed by atoms with E-state index >= 15 is 0 Å². The minimum atomic E-state index is -4.41. The van der Waals surface area contributed by atoms with Crippen LogP contribution < -0.4 is 0 Å². The third-order valence-corrected chi connectivity index (χ3v) is 2.82. The Morgan fingerprint density at radius 3 is 2.38 bits per heavy atom. The predicted octanol–water partition coefficient (Wildman–Crippen LogP) is 2.50. The molecule has 0 aromatic heterocycles. The van der Waals surface area contributed by atoms with Gasteiger partial charge >= 0.3 is 12.1 Å². The molecule has 0 saturated carbocycles. The molecule has 1 aliphatic rings. The minimum absolute atomic E-state index is 0.464. The number of rotatable bonds is 2. The Balaban J connectivity index is 2.85. The zero-order valence-corrected chi connectivity index (χ0v) is 9.38. The van der Waals surface area contributed by atoms with Crippen LogP contribution in [0.3, 0.4) is 0 Å². The number of ether oxygens (including phenoxy) is 2. The number of carbonyl (C=O) groups is 1. The van der Waals surface area contributed by atoms with Crippen molar-refractivity contribution < 1.29 is 27.4 Å². The van der Waals surface area contributed by atoms with Crippen molar-refractivity contribution in [2.24, 2.45) is 11.8 Å². The third-order valence-electron chi connectivity index (χ3n) is 2.82. The molecule has 16 heavy (non-hydrogen) atoms. The van der Waals surface area contributed by atoms with Crippen LogP contribution in [0.2, 0.25) is 0 Å². The van der Waals surface area contributed by atoms with Crippen LogP contribution in [0.5, 0.6) is 0 Å². The van der Waals surface area contributed by atoms with Gasteiger partial charge in [-0.25, -0.2) is 0 Å². The summed E-state index contributed by atoms with van der Waals surface area (Å²) in [5.74, 6) is -3.20. The van der Waals surface area contributed by atoms with E-state index in [0.717, 1.165) is 6.92 Å². The third kappa shape index (κ3) is 2.66. The Labute approximate surface area is 91.9 Å². The monoisotopic (exact) mass is 240 g/mol. The summed E-state index contributed by atoms with van der Waals surface area (Å²) in [6, 6.07) is 0. The molecule has 1 fully saturated rings. The molecule has 1 rings (SSSR count). The van der Waals surface area contributed by atoms with Gasteiger partial charge in [0.25, 0.3) is 0 Å². The van der Waals surface area contributed by atoms with Crippen molar-refractivity contribution in [2.45, 2.75) is 45.8 Å². The minimum Gasteiger partial charge on any atom is -0.435 e. The van der Waals surface area contributed by atoms with Crippen LogP contribution in [0.15, 0.2) is 0 Å². The molecule has 0 aliphatic carbocycles. The molecule has 6 heteroatoms. The van der Waals surface area contributed by atoms with Crippen molar-refractivity contribution >= 4 is 5.97 Å². The van der Waals surface area contributed by atoms with Crippen molar-refractivity contribution in [1.82, 2.24) is 0 Å². The highest BCUT2D eigenvalue weighted by Crippen LogP contribution is 2.44. The van der Waals surface area contributed by atoms with Crippen molar-refractivity contribution in [3.8, 4) is 0 Å². The molecule has 4 atom stereocenters. The Bertz CT molecular complexity index is 265. The van der Waals surface area contributed by atoms with Gasteiger partial charge in [0, 0.05) is 6.92 Å². The summed E-state index contributed by atoms with van der Waals surface area (Å²) in [4.78, 5) is 10.7. The van der Waals surface area contributed by atoms with Crippen LogP contribution in [0.25, 0.3) is 0 Å². The molecule has 0 bridgehead atoms. The maximum Gasteiger partial charge on any atom is 0.398 e. The fourth-order valence-electron chi connectivity index (χ4n) is 2.05. The molecular formula is C10H15F3O3. The molecule has 3 nitrogen and oxygen atoms in total. The maximum atomic E-state index is 12.8. The first kappa shape index (κ1) is 13.3. The number of hydrogen-bond donors (Lipinski definition) is 0. The number of hydrogen-bond acceptors (Lipinski definition) is 3. The molecule has 94 valence electrons. The first-order valence-corrected chi connectivity index (χ1v) is 5.16. The van der Waals surface area contributed by atoms with E-state index in [1.165, 1.54) is 6.92 Å². The van der Waals surface area contributed by atoms with Crippen LogP contribution in [-0.4, -0.2) is 24.5 Å². The lowest BCUT2D eigenvalue weighted by Crippen LogP contribution is -2.36. The van der Waals surface area contributed by atoms with Crippen molar-refractivity contribution in [2.75, 3.05) is 0 Å². The Hall–Kier alpha value is -0.780. The van der Waals surface area contributed by atoms with Crippen molar-refractivity contribution in [1.29, 1.82) is 0 Å². The van der Waals surface area contributed by atoms with E-state index in [4.69, 9.17) is 4.74 Å². The van der Waals surface area contributed by atoms with E-state index in [-0.39, 0.29) is 0 Å². The van der Waals surface area contributed by atoms with Gasteiger partial charge in [-0.05, 0) is 12.3 Å². The van der Waals surface area contributed by atoms with Gasteiger partial charge < -0.3 is 9.47 Å². The Morgan fingerprint density at radius 1 is 1.44 bits per heavy atom. The maximum absolute atomic E-state index is 12.8. The second-order valence-electron chi connectivity index (χ2n) is 3.99. The first-order chi connectivity index (χ1) is 7.27. The first-order valence-electron chi connectivity index (χ1n) is 5.16. The normalized spacial score (nSPS) is 35.1. The predicted molar refractivity (Wildman–Crippen MR) is 49.4 cm³/mol. The molecule has 0 aromatic carbocycles. The van der Waals surface area contributed by atoms with Gasteiger partial charge in [-0.3, -0.25) is 4.79 Å².